The van der Waals surface area contributed by atoms with Gasteiger partial charge in [0.1, 0.15) is 17.2 Å². The zero-order chi connectivity index (χ0) is 21.4. The Morgan fingerprint density at radius 3 is 2.14 bits per heavy atom. The maximum absolute atomic E-state index is 11.1. The van der Waals surface area contributed by atoms with Crippen LogP contribution in [0.1, 0.15) is 6.42 Å². The number of benzene rings is 2. The number of thiocarbonyl (C=S) groups is 1. The molecule has 0 radical (unpaired) electrons. The average molecular weight is 421 g/mol. The van der Waals surface area contributed by atoms with E-state index in [0.717, 1.165) is 0 Å². The Labute approximate surface area is 171 Å². The largest absolute Gasteiger partial charge is 0.493 e. The minimum atomic E-state index is -0.552. The minimum Gasteiger partial charge on any atom is -0.493 e. The lowest BCUT2D eigenvalue weighted by atomic mass is 10.3. The van der Waals surface area contributed by atoms with Crippen LogP contribution >= 0.6 is 12.2 Å². The Kier molecular flexibility index (Phi) is 7.66. The maximum atomic E-state index is 11.1. The van der Waals surface area contributed by atoms with Gasteiger partial charge < -0.3 is 19.1 Å². The van der Waals surface area contributed by atoms with E-state index in [0.29, 0.717) is 12.2 Å². The number of rotatable bonds is 9. The van der Waals surface area contributed by atoms with Gasteiger partial charge in [0.25, 0.3) is 16.5 Å². The summed E-state index contributed by atoms with van der Waals surface area (Å²) in [5.74, 6) is 0.828. The molecule has 0 amide bonds. The summed E-state index contributed by atoms with van der Waals surface area (Å²) in [7, 11) is 3.39. The van der Waals surface area contributed by atoms with Crippen LogP contribution in [0.25, 0.3) is 0 Å². The lowest BCUT2D eigenvalue weighted by molar-refractivity contribution is -0.385. The first-order valence-corrected chi connectivity index (χ1v) is 8.86. The van der Waals surface area contributed by atoms with E-state index in [4.69, 9.17) is 26.4 Å². The Morgan fingerprint density at radius 2 is 1.52 bits per heavy atom. The molecule has 0 bridgehead atoms. The van der Waals surface area contributed by atoms with Crippen molar-refractivity contribution in [3.05, 3.63) is 62.7 Å². The molecule has 10 nitrogen and oxygen atoms in total. The topological polar surface area (TPSA) is 117 Å². The molecule has 29 heavy (non-hydrogen) atoms. The SMILES string of the molecule is CN(C)C(=S)Oc1cc(OCCCOc2cccc([N+](=O)[O-])c2)cc([N+](=O)[O-])c1. The zero-order valence-electron chi connectivity index (χ0n) is 15.8. The predicted octanol–water partition coefficient (Wildman–Crippen LogP) is 3.58. The fraction of sp³-hybridized carbons (Fsp3) is 0.278. The highest BCUT2D eigenvalue weighted by molar-refractivity contribution is 7.80. The van der Waals surface area contributed by atoms with Crippen LogP contribution in [0, 0.1) is 20.2 Å². The molecule has 0 atom stereocenters. The molecule has 0 aromatic heterocycles. The van der Waals surface area contributed by atoms with Gasteiger partial charge in [0, 0.05) is 32.6 Å². The molecule has 0 aliphatic rings. The molecule has 0 fully saturated rings. The van der Waals surface area contributed by atoms with Gasteiger partial charge in [-0.2, -0.15) is 0 Å². The van der Waals surface area contributed by atoms with Crippen molar-refractivity contribution in [2.45, 2.75) is 6.42 Å². The second-order valence-electron chi connectivity index (χ2n) is 5.99. The van der Waals surface area contributed by atoms with Crippen molar-refractivity contribution >= 4 is 28.8 Å². The van der Waals surface area contributed by atoms with Gasteiger partial charge >= 0.3 is 0 Å². The third-order valence-corrected chi connectivity index (χ3v) is 3.95. The second kappa shape index (κ2) is 10.2. The number of non-ortho nitro benzene ring substituents is 2. The molecule has 11 heteroatoms. The third kappa shape index (κ3) is 6.88. The summed E-state index contributed by atoms with van der Waals surface area (Å²) in [6.07, 6.45) is 0.456. The molecule has 0 aliphatic heterocycles. The second-order valence-corrected chi connectivity index (χ2v) is 6.34. The predicted molar refractivity (Wildman–Crippen MR) is 109 cm³/mol. The highest BCUT2D eigenvalue weighted by Gasteiger charge is 2.14. The van der Waals surface area contributed by atoms with Gasteiger partial charge in [-0.25, -0.2) is 0 Å². The van der Waals surface area contributed by atoms with Crippen molar-refractivity contribution < 1.29 is 24.1 Å². The lowest BCUT2D eigenvalue weighted by Crippen LogP contribution is -2.25. The first-order chi connectivity index (χ1) is 13.8. The van der Waals surface area contributed by atoms with E-state index in [9.17, 15) is 20.2 Å². The lowest BCUT2D eigenvalue weighted by Gasteiger charge is -2.15. The first kappa shape index (κ1) is 21.8. The molecular formula is C18H19N3O7S. The summed E-state index contributed by atoms with van der Waals surface area (Å²) in [6, 6.07) is 9.91. The normalized spacial score (nSPS) is 10.1. The molecule has 0 unspecified atom stereocenters. The van der Waals surface area contributed by atoms with Gasteiger partial charge in [0.05, 0.1) is 41.3 Å². The molecule has 0 saturated heterocycles. The third-order valence-electron chi connectivity index (χ3n) is 3.50. The zero-order valence-corrected chi connectivity index (χ0v) is 16.6. The van der Waals surface area contributed by atoms with Crippen LogP contribution in [0.15, 0.2) is 42.5 Å². The number of nitro groups is 2. The van der Waals surface area contributed by atoms with Gasteiger partial charge in [-0.3, -0.25) is 20.2 Å². The van der Waals surface area contributed by atoms with Gasteiger partial charge in [-0.05, 0) is 18.3 Å². The van der Waals surface area contributed by atoms with Crippen LogP contribution in [0.5, 0.6) is 17.2 Å². The number of hydrogen-bond acceptors (Lipinski definition) is 8. The number of hydrogen-bond donors (Lipinski definition) is 0. The van der Waals surface area contributed by atoms with Crippen LogP contribution in [-0.2, 0) is 0 Å². The van der Waals surface area contributed by atoms with E-state index in [1.54, 1.807) is 25.1 Å². The van der Waals surface area contributed by atoms with E-state index < -0.39 is 9.85 Å². The van der Waals surface area contributed by atoms with E-state index in [1.807, 2.05) is 0 Å². The molecule has 2 aromatic rings. The van der Waals surface area contributed by atoms with Gasteiger partial charge in [0.15, 0.2) is 0 Å². The van der Waals surface area contributed by atoms with Crippen molar-refractivity contribution in [2.24, 2.45) is 0 Å². The standard InChI is InChI=1S/C18H19N3O7S/c1-19(2)18(29)28-17-11-14(21(24)25)10-16(12-17)27-8-4-7-26-15-6-3-5-13(9-15)20(22)23/h3,5-6,9-12H,4,7-8H2,1-2H3. The molecule has 0 heterocycles. The summed E-state index contributed by atoms with van der Waals surface area (Å²) in [6.45, 7) is 0.470. The number of ether oxygens (including phenoxy) is 3. The van der Waals surface area contributed by atoms with Crippen LogP contribution in [-0.4, -0.2) is 47.2 Å². The van der Waals surface area contributed by atoms with Gasteiger partial charge in [-0.15, -0.1) is 0 Å². The Hall–Kier alpha value is -3.47. The monoisotopic (exact) mass is 421 g/mol. The summed E-state index contributed by atoms with van der Waals surface area (Å²) >= 11 is 5.04. The molecule has 0 saturated carbocycles. The Balaban J connectivity index is 1.91. The molecular weight excluding hydrogens is 402 g/mol. The fourth-order valence-corrected chi connectivity index (χ4v) is 2.22. The van der Waals surface area contributed by atoms with Crippen molar-refractivity contribution in [1.29, 1.82) is 0 Å². The average Bonchev–Trinajstić information content (AvgIpc) is 2.67. The van der Waals surface area contributed by atoms with Crippen LogP contribution in [0.3, 0.4) is 0 Å². The Morgan fingerprint density at radius 1 is 0.931 bits per heavy atom. The van der Waals surface area contributed by atoms with Crippen LogP contribution in [0.2, 0.25) is 0 Å². The van der Waals surface area contributed by atoms with Crippen molar-refractivity contribution in [3.63, 3.8) is 0 Å². The summed E-state index contributed by atoms with van der Waals surface area (Å²) in [4.78, 5) is 22.4. The maximum Gasteiger partial charge on any atom is 0.276 e. The quantitative estimate of drug-likeness (QED) is 0.259. The van der Waals surface area contributed by atoms with E-state index >= 15 is 0 Å². The number of nitrogens with zero attached hydrogens (tertiary/aromatic N) is 3. The molecule has 2 aromatic carbocycles. The van der Waals surface area contributed by atoms with Crippen molar-refractivity contribution in [3.8, 4) is 17.2 Å². The molecule has 0 aliphatic carbocycles. The molecule has 154 valence electrons. The van der Waals surface area contributed by atoms with E-state index in [1.165, 1.54) is 36.4 Å². The van der Waals surface area contributed by atoms with E-state index in [2.05, 4.69) is 0 Å². The minimum absolute atomic E-state index is 0.0569. The number of nitro benzene ring substituents is 2. The summed E-state index contributed by atoms with van der Waals surface area (Å²) in [5, 5.41) is 22.0. The fourth-order valence-electron chi connectivity index (χ4n) is 2.12. The van der Waals surface area contributed by atoms with Gasteiger partial charge in [-0.1, -0.05) is 6.07 Å². The molecule has 2 rings (SSSR count). The molecule has 0 spiro atoms. The van der Waals surface area contributed by atoms with Crippen molar-refractivity contribution in [2.75, 3.05) is 27.3 Å². The van der Waals surface area contributed by atoms with E-state index in [-0.39, 0.29) is 41.3 Å². The highest BCUT2D eigenvalue weighted by Crippen LogP contribution is 2.28. The van der Waals surface area contributed by atoms with Gasteiger partial charge in [0.2, 0.25) is 0 Å². The first-order valence-electron chi connectivity index (χ1n) is 8.45. The van der Waals surface area contributed by atoms with Crippen LogP contribution < -0.4 is 14.2 Å². The van der Waals surface area contributed by atoms with Crippen LogP contribution in [0.4, 0.5) is 11.4 Å². The van der Waals surface area contributed by atoms with Crippen molar-refractivity contribution in [1.82, 2.24) is 4.90 Å². The Bertz CT molecular complexity index is 905. The summed E-state index contributed by atoms with van der Waals surface area (Å²) < 4.78 is 16.4. The highest BCUT2D eigenvalue weighted by atomic mass is 32.1. The summed E-state index contributed by atoms with van der Waals surface area (Å²) in [5.41, 5.74) is -0.245. The smallest absolute Gasteiger partial charge is 0.276 e. The molecule has 0 N–H and O–H groups in total.